The van der Waals surface area contributed by atoms with Crippen molar-refractivity contribution >= 4 is 26.6 Å². The predicted octanol–water partition coefficient (Wildman–Crippen LogP) is 3.35. The van der Waals surface area contributed by atoms with E-state index in [1.54, 1.807) is 17.4 Å². The minimum absolute atomic E-state index is 0.252. The van der Waals surface area contributed by atoms with Gasteiger partial charge in [-0.2, -0.15) is 0 Å². The SMILES string of the molecule is Oc1ccccc1-c1cc2c(C3CC3)c(N3CCNCC3)sc2nn1. The summed E-state index contributed by atoms with van der Waals surface area (Å²) in [4.78, 5) is 3.51. The van der Waals surface area contributed by atoms with Crippen LogP contribution in [-0.2, 0) is 0 Å². The van der Waals surface area contributed by atoms with Gasteiger partial charge in [0.2, 0.25) is 0 Å². The Morgan fingerprint density at radius 2 is 1.92 bits per heavy atom. The van der Waals surface area contributed by atoms with Gasteiger partial charge in [-0.15, -0.1) is 10.2 Å². The Morgan fingerprint density at radius 3 is 2.68 bits per heavy atom. The number of benzene rings is 1. The van der Waals surface area contributed by atoms with E-state index >= 15 is 0 Å². The average Bonchev–Trinajstić information content (AvgIpc) is 3.42. The van der Waals surface area contributed by atoms with Crippen LogP contribution in [0.2, 0.25) is 0 Å². The summed E-state index contributed by atoms with van der Waals surface area (Å²) in [6, 6.07) is 9.46. The lowest BCUT2D eigenvalue weighted by atomic mass is 10.1. The largest absolute Gasteiger partial charge is 0.507 e. The van der Waals surface area contributed by atoms with Crippen molar-refractivity contribution in [2.75, 3.05) is 31.1 Å². The summed E-state index contributed by atoms with van der Waals surface area (Å²) < 4.78 is 0. The van der Waals surface area contributed by atoms with Crippen LogP contribution in [-0.4, -0.2) is 41.5 Å². The molecule has 0 unspecified atom stereocenters. The van der Waals surface area contributed by atoms with Crippen LogP contribution in [0.25, 0.3) is 21.5 Å². The standard InChI is InChI=1S/C19H20N4OS/c24-16-4-2-1-3-13(16)15-11-14-17(12-5-6-12)19(25-18(14)22-21-15)23-9-7-20-8-10-23/h1-4,11-12,20,24H,5-10H2. The van der Waals surface area contributed by atoms with Gasteiger partial charge in [-0.05, 0) is 42.5 Å². The zero-order valence-electron chi connectivity index (χ0n) is 13.9. The van der Waals surface area contributed by atoms with E-state index in [1.807, 2.05) is 18.2 Å². The molecule has 2 aromatic heterocycles. The second kappa shape index (κ2) is 5.97. The molecule has 5 rings (SSSR count). The van der Waals surface area contributed by atoms with E-state index in [4.69, 9.17) is 0 Å². The molecule has 0 spiro atoms. The van der Waals surface area contributed by atoms with Crippen molar-refractivity contribution in [1.82, 2.24) is 15.5 Å². The van der Waals surface area contributed by atoms with Crippen LogP contribution in [0, 0.1) is 0 Å². The van der Waals surface area contributed by atoms with E-state index in [2.05, 4.69) is 26.5 Å². The van der Waals surface area contributed by atoms with E-state index in [0.717, 1.165) is 42.3 Å². The Balaban J connectivity index is 1.65. The van der Waals surface area contributed by atoms with Crippen molar-refractivity contribution < 1.29 is 5.11 Å². The van der Waals surface area contributed by atoms with Crippen molar-refractivity contribution in [3.05, 3.63) is 35.9 Å². The summed E-state index contributed by atoms with van der Waals surface area (Å²) in [5.74, 6) is 0.904. The van der Waals surface area contributed by atoms with Gasteiger partial charge in [-0.3, -0.25) is 0 Å². The topological polar surface area (TPSA) is 61.3 Å². The van der Waals surface area contributed by atoms with Crippen molar-refractivity contribution in [2.24, 2.45) is 0 Å². The smallest absolute Gasteiger partial charge is 0.148 e. The van der Waals surface area contributed by atoms with Crippen LogP contribution >= 0.6 is 11.3 Å². The van der Waals surface area contributed by atoms with Crippen molar-refractivity contribution in [3.8, 4) is 17.0 Å². The van der Waals surface area contributed by atoms with Gasteiger partial charge < -0.3 is 15.3 Å². The quantitative estimate of drug-likeness (QED) is 0.757. The van der Waals surface area contributed by atoms with Crippen molar-refractivity contribution in [3.63, 3.8) is 0 Å². The zero-order chi connectivity index (χ0) is 16.8. The molecule has 2 aliphatic rings. The van der Waals surface area contributed by atoms with Crippen LogP contribution < -0.4 is 10.2 Å². The minimum atomic E-state index is 0.252. The molecule has 3 heterocycles. The number of phenolic OH excluding ortho intramolecular Hbond substituents is 1. The lowest BCUT2D eigenvalue weighted by molar-refractivity contribution is 0.477. The predicted molar refractivity (Wildman–Crippen MR) is 102 cm³/mol. The van der Waals surface area contributed by atoms with Gasteiger partial charge in [-0.25, -0.2) is 0 Å². The van der Waals surface area contributed by atoms with E-state index < -0.39 is 0 Å². The first-order valence-electron chi connectivity index (χ1n) is 8.85. The Kier molecular flexibility index (Phi) is 3.60. The van der Waals surface area contributed by atoms with Crippen LogP contribution in [0.1, 0.15) is 24.3 Å². The van der Waals surface area contributed by atoms with Gasteiger partial charge in [0.15, 0.2) is 0 Å². The molecule has 6 heteroatoms. The van der Waals surface area contributed by atoms with E-state index in [1.165, 1.54) is 28.8 Å². The molecule has 5 nitrogen and oxygen atoms in total. The van der Waals surface area contributed by atoms with Gasteiger partial charge in [0.25, 0.3) is 0 Å². The number of rotatable bonds is 3. The summed E-state index contributed by atoms with van der Waals surface area (Å²) in [7, 11) is 0. The Labute approximate surface area is 150 Å². The van der Waals surface area contributed by atoms with Crippen LogP contribution in [0.3, 0.4) is 0 Å². The molecule has 0 atom stereocenters. The molecule has 0 radical (unpaired) electrons. The molecule has 25 heavy (non-hydrogen) atoms. The number of piperazine rings is 1. The van der Waals surface area contributed by atoms with Crippen LogP contribution in [0.5, 0.6) is 5.75 Å². The maximum Gasteiger partial charge on any atom is 0.148 e. The lowest BCUT2D eigenvalue weighted by Gasteiger charge is -2.29. The minimum Gasteiger partial charge on any atom is -0.507 e. The normalized spacial score (nSPS) is 18.0. The number of nitrogens with one attached hydrogen (secondary N) is 1. The molecule has 3 aromatic rings. The summed E-state index contributed by atoms with van der Waals surface area (Å²) in [6.07, 6.45) is 2.53. The molecular formula is C19H20N4OS. The number of para-hydroxylation sites is 1. The summed E-state index contributed by atoms with van der Waals surface area (Å²) in [5.41, 5.74) is 2.94. The highest BCUT2D eigenvalue weighted by atomic mass is 32.1. The molecule has 1 saturated carbocycles. The summed E-state index contributed by atoms with van der Waals surface area (Å²) in [5, 5.41) is 25.1. The number of nitrogens with zero attached hydrogens (tertiary/aromatic N) is 3. The Hall–Kier alpha value is -2.18. The van der Waals surface area contributed by atoms with E-state index in [0.29, 0.717) is 5.92 Å². The molecule has 1 saturated heterocycles. The highest BCUT2D eigenvalue weighted by Crippen LogP contribution is 2.51. The number of anilines is 1. The second-order valence-electron chi connectivity index (χ2n) is 6.80. The molecule has 2 fully saturated rings. The third-order valence-electron chi connectivity index (χ3n) is 5.04. The van der Waals surface area contributed by atoms with Crippen molar-refractivity contribution in [1.29, 1.82) is 0 Å². The number of aromatic hydroxyl groups is 1. The summed E-state index contributed by atoms with van der Waals surface area (Å²) >= 11 is 1.77. The van der Waals surface area contributed by atoms with E-state index in [9.17, 15) is 5.11 Å². The Morgan fingerprint density at radius 1 is 1.12 bits per heavy atom. The first-order chi connectivity index (χ1) is 12.3. The molecule has 1 aromatic carbocycles. The van der Waals surface area contributed by atoms with Gasteiger partial charge in [-0.1, -0.05) is 23.5 Å². The number of aromatic nitrogens is 2. The zero-order valence-corrected chi connectivity index (χ0v) is 14.7. The van der Waals surface area contributed by atoms with Gasteiger partial charge in [0, 0.05) is 37.1 Å². The fraction of sp³-hybridized carbons (Fsp3) is 0.368. The number of hydrogen-bond acceptors (Lipinski definition) is 6. The van der Waals surface area contributed by atoms with Gasteiger partial charge in [0.05, 0.1) is 10.7 Å². The third-order valence-corrected chi connectivity index (χ3v) is 6.21. The highest BCUT2D eigenvalue weighted by Gasteiger charge is 2.32. The summed E-state index contributed by atoms with van der Waals surface area (Å²) in [6.45, 7) is 4.17. The molecule has 0 amide bonds. The molecular weight excluding hydrogens is 332 g/mol. The second-order valence-corrected chi connectivity index (χ2v) is 7.78. The average molecular weight is 352 g/mol. The number of phenols is 1. The van der Waals surface area contributed by atoms with Crippen LogP contribution in [0.4, 0.5) is 5.00 Å². The fourth-order valence-corrected chi connectivity index (χ4v) is 4.84. The first kappa shape index (κ1) is 15.1. The van der Waals surface area contributed by atoms with Crippen molar-refractivity contribution in [2.45, 2.75) is 18.8 Å². The number of hydrogen-bond donors (Lipinski definition) is 2. The van der Waals surface area contributed by atoms with E-state index in [-0.39, 0.29) is 5.75 Å². The maximum atomic E-state index is 10.2. The Bertz CT molecular complexity index is 928. The molecule has 1 aliphatic carbocycles. The highest BCUT2D eigenvalue weighted by molar-refractivity contribution is 7.22. The van der Waals surface area contributed by atoms with Crippen LogP contribution in [0.15, 0.2) is 30.3 Å². The molecule has 0 bridgehead atoms. The molecule has 128 valence electrons. The monoisotopic (exact) mass is 352 g/mol. The first-order valence-corrected chi connectivity index (χ1v) is 9.67. The molecule has 1 aliphatic heterocycles. The lowest BCUT2D eigenvalue weighted by Crippen LogP contribution is -2.43. The maximum absolute atomic E-state index is 10.2. The number of fused-ring (bicyclic) bond motifs is 1. The van der Waals surface area contributed by atoms with Gasteiger partial charge in [0.1, 0.15) is 10.6 Å². The van der Waals surface area contributed by atoms with Gasteiger partial charge >= 0.3 is 0 Å². The third kappa shape index (κ3) is 2.65. The fourth-order valence-electron chi connectivity index (χ4n) is 3.60. The molecule has 2 N–H and O–H groups in total. The number of thiophene rings is 1.